The van der Waals surface area contributed by atoms with Gasteiger partial charge < -0.3 is 4.84 Å². The first-order valence-electron chi connectivity index (χ1n) is 7.57. The Labute approximate surface area is 133 Å². The van der Waals surface area contributed by atoms with Crippen LogP contribution in [0.5, 0.6) is 0 Å². The van der Waals surface area contributed by atoms with Crippen LogP contribution in [-0.4, -0.2) is 27.8 Å². The second kappa shape index (κ2) is 8.90. The molecule has 0 aliphatic carbocycles. The summed E-state index contributed by atoms with van der Waals surface area (Å²) >= 11 is 0. The quantitative estimate of drug-likeness (QED) is 0.560. The maximum absolute atomic E-state index is 12.3. The van der Waals surface area contributed by atoms with Crippen molar-refractivity contribution in [2.24, 2.45) is 11.1 Å². The second-order valence-corrected chi connectivity index (χ2v) is 7.20. The molecule has 0 aromatic heterocycles. The molecule has 6 heteroatoms. The van der Waals surface area contributed by atoms with Crippen molar-refractivity contribution in [1.82, 2.24) is 4.72 Å². The molecule has 0 fully saturated rings. The van der Waals surface area contributed by atoms with Gasteiger partial charge in [-0.1, -0.05) is 43.1 Å². The summed E-state index contributed by atoms with van der Waals surface area (Å²) in [6.45, 7) is 6.29. The van der Waals surface area contributed by atoms with E-state index in [9.17, 15) is 8.42 Å². The van der Waals surface area contributed by atoms with Crippen LogP contribution in [0.2, 0.25) is 0 Å². The van der Waals surface area contributed by atoms with E-state index in [1.54, 1.807) is 24.3 Å². The summed E-state index contributed by atoms with van der Waals surface area (Å²) in [4.78, 5) is 5.14. The molecule has 1 aromatic carbocycles. The number of unbranched alkanes of at least 4 members (excludes halogenated alkanes) is 1. The van der Waals surface area contributed by atoms with Crippen molar-refractivity contribution >= 4 is 15.7 Å². The lowest BCUT2D eigenvalue weighted by Gasteiger charge is -2.15. The van der Waals surface area contributed by atoms with Crippen molar-refractivity contribution in [3.8, 4) is 0 Å². The third-order valence-electron chi connectivity index (χ3n) is 3.47. The fraction of sp³-hybridized carbons (Fsp3) is 0.562. The fourth-order valence-electron chi connectivity index (χ4n) is 2.01. The molecule has 0 aliphatic rings. The topological polar surface area (TPSA) is 67.8 Å². The van der Waals surface area contributed by atoms with Gasteiger partial charge in [-0.25, -0.2) is 13.1 Å². The standard InChI is InChI=1S/C16H26N2O3S/c1-5-6-7-16(18-21-4)14(3)12-17-22(19,20)15-10-8-13(2)9-11-15/h8-11,14,17H,5-7,12H2,1-4H3/b18-16+. The Hall–Kier alpha value is -1.40. The van der Waals surface area contributed by atoms with Crippen molar-refractivity contribution in [3.63, 3.8) is 0 Å². The Morgan fingerprint density at radius 2 is 1.95 bits per heavy atom. The number of sulfonamides is 1. The van der Waals surface area contributed by atoms with E-state index in [-0.39, 0.29) is 10.8 Å². The first-order valence-corrected chi connectivity index (χ1v) is 9.05. The van der Waals surface area contributed by atoms with Gasteiger partial charge in [0.25, 0.3) is 0 Å². The molecule has 0 saturated carbocycles. The summed E-state index contributed by atoms with van der Waals surface area (Å²) in [7, 11) is -1.98. The molecular formula is C16H26N2O3S. The number of oxime groups is 1. The monoisotopic (exact) mass is 326 g/mol. The molecule has 22 heavy (non-hydrogen) atoms. The number of nitrogens with zero attached hydrogens (tertiary/aromatic N) is 1. The average molecular weight is 326 g/mol. The van der Waals surface area contributed by atoms with Gasteiger partial charge in [0, 0.05) is 12.5 Å². The molecule has 1 rings (SSSR count). The molecule has 124 valence electrons. The molecule has 0 spiro atoms. The van der Waals surface area contributed by atoms with Crippen LogP contribution in [0.4, 0.5) is 0 Å². The van der Waals surface area contributed by atoms with Crippen LogP contribution >= 0.6 is 0 Å². The number of hydrogen-bond acceptors (Lipinski definition) is 4. The van der Waals surface area contributed by atoms with Gasteiger partial charge in [0.05, 0.1) is 10.6 Å². The molecule has 0 bridgehead atoms. The number of aryl methyl sites for hydroxylation is 1. The van der Waals surface area contributed by atoms with E-state index in [1.807, 2.05) is 13.8 Å². The Kier molecular flexibility index (Phi) is 7.55. The van der Waals surface area contributed by atoms with Crippen LogP contribution in [0.15, 0.2) is 34.3 Å². The normalized spacial score (nSPS) is 13.9. The highest BCUT2D eigenvalue weighted by molar-refractivity contribution is 7.89. The van der Waals surface area contributed by atoms with Crippen LogP contribution < -0.4 is 4.72 Å². The van der Waals surface area contributed by atoms with Gasteiger partial charge in [0.2, 0.25) is 10.0 Å². The van der Waals surface area contributed by atoms with Crippen LogP contribution in [-0.2, 0) is 14.9 Å². The zero-order valence-corrected chi connectivity index (χ0v) is 14.6. The van der Waals surface area contributed by atoms with Crippen LogP contribution in [0.25, 0.3) is 0 Å². The van der Waals surface area contributed by atoms with Gasteiger partial charge in [0.15, 0.2) is 0 Å². The summed E-state index contributed by atoms with van der Waals surface area (Å²) in [5.41, 5.74) is 1.91. The minimum absolute atomic E-state index is 0.00766. The van der Waals surface area contributed by atoms with E-state index in [0.29, 0.717) is 6.54 Å². The number of rotatable bonds is 9. The summed E-state index contributed by atoms with van der Waals surface area (Å²) < 4.78 is 27.2. The average Bonchev–Trinajstić information content (AvgIpc) is 2.49. The maximum atomic E-state index is 12.3. The Morgan fingerprint density at radius 1 is 1.32 bits per heavy atom. The SMILES string of the molecule is CCCC/C(=N\OC)C(C)CNS(=O)(=O)c1ccc(C)cc1. The largest absolute Gasteiger partial charge is 0.399 e. The van der Waals surface area contributed by atoms with Gasteiger partial charge >= 0.3 is 0 Å². The van der Waals surface area contributed by atoms with Gasteiger partial charge in [-0.05, 0) is 31.9 Å². The molecule has 0 radical (unpaired) electrons. The van der Waals surface area contributed by atoms with Gasteiger partial charge in [-0.15, -0.1) is 0 Å². The molecule has 0 amide bonds. The highest BCUT2D eigenvalue weighted by atomic mass is 32.2. The first kappa shape index (κ1) is 18.6. The zero-order valence-electron chi connectivity index (χ0n) is 13.8. The van der Waals surface area contributed by atoms with E-state index >= 15 is 0 Å². The predicted molar refractivity (Wildman–Crippen MR) is 89.5 cm³/mol. The third kappa shape index (κ3) is 5.77. The van der Waals surface area contributed by atoms with E-state index in [2.05, 4.69) is 16.8 Å². The molecule has 1 unspecified atom stereocenters. The fourth-order valence-corrected chi connectivity index (χ4v) is 3.14. The number of benzene rings is 1. The minimum atomic E-state index is -3.49. The van der Waals surface area contributed by atoms with Crippen molar-refractivity contribution in [2.75, 3.05) is 13.7 Å². The summed E-state index contributed by atoms with van der Waals surface area (Å²) in [6.07, 6.45) is 2.89. The molecule has 1 N–H and O–H groups in total. The number of nitrogens with one attached hydrogen (secondary N) is 1. The van der Waals surface area contributed by atoms with Gasteiger partial charge in [0.1, 0.15) is 7.11 Å². The van der Waals surface area contributed by atoms with E-state index in [1.165, 1.54) is 7.11 Å². The highest BCUT2D eigenvalue weighted by Gasteiger charge is 2.17. The molecule has 0 heterocycles. The summed E-state index contributed by atoms with van der Waals surface area (Å²) in [5, 5.41) is 4.03. The van der Waals surface area contributed by atoms with Crippen LogP contribution in [0.3, 0.4) is 0 Å². The van der Waals surface area contributed by atoms with Crippen molar-refractivity contribution in [1.29, 1.82) is 0 Å². The molecule has 1 atom stereocenters. The molecule has 5 nitrogen and oxygen atoms in total. The van der Waals surface area contributed by atoms with Gasteiger partial charge in [-0.2, -0.15) is 0 Å². The van der Waals surface area contributed by atoms with Crippen LogP contribution in [0.1, 0.15) is 38.7 Å². The predicted octanol–water partition coefficient (Wildman–Crippen LogP) is 3.10. The smallest absolute Gasteiger partial charge is 0.240 e. The Morgan fingerprint density at radius 3 is 2.50 bits per heavy atom. The molecule has 1 aromatic rings. The maximum Gasteiger partial charge on any atom is 0.240 e. The Balaban J connectivity index is 2.70. The van der Waals surface area contributed by atoms with E-state index < -0.39 is 10.0 Å². The number of hydrogen-bond donors (Lipinski definition) is 1. The lowest BCUT2D eigenvalue weighted by Crippen LogP contribution is -2.31. The van der Waals surface area contributed by atoms with Crippen LogP contribution in [0, 0.1) is 12.8 Å². The first-order chi connectivity index (χ1) is 10.4. The highest BCUT2D eigenvalue weighted by Crippen LogP contribution is 2.12. The lowest BCUT2D eigenvalue weighted by atomic mass is 10.0. The molecule has 0 aliphatic heterocycles. The molecular weight excluding hydrogens is 300 g/mol. The van der Waals surface area contributed by atoms with Gasteiger partial charge in [-0.3, -0.25) is 0 Å². The third-order valence-corrected chi connectivity index (χ3v) is 4.91. The zero-order chi connectivity index (χ0) is 16.6. The van der Waals surface area contributed by atoms with E-state index in [4.69, 9.17) is 4.84 Å². The Bertz CT molecular complexity index is 580. The minimum Gasteiger partial charge on any atom is -0.399 e. The summed E-state index contributed by atoms with van der Waals surface area (Å²) in [6, 6.07) is 6.81. The van der Waals surface area contributed by atoms with Crippen molar-refractivity contribution < 1.29 is 13.3 Å². The second-order valence-electron chi connectivity index (χ2n) is 5.43. The summed E-state index contributed by atoms with van der Waals surface area (Å²) in [5.74, 6) is -0.00766. The lowest BCUT2D eigenvalue weighted by molar-refractivity contribution is 0.210. The molecule has 0 saturated heterocycles. The van der Waals surface area contributed by atoms with E-state index in [0.717, 1.165) is 30.5 Å². The van der Waals surface area contributed by atoms with Crippen molar-refractivity contribution in [2.45, 2.75) is 44.9 Å². The van der Waals surface area contributed by atoms with Crippen molar-refractivity contribution in [3.05, 3.63) is 29.8 Å².